The lowest BCUT2D eigenvalue weighted by molar-refractivity contribution is 0.0951. The van der Waals surface area contributed by atoms with Gasteiger partial charge in [-0.15, -0.1) is 0 Å². The molecule has 0 saturated carbocycles. The molecule has 3 rings (SSSR count). The molecule has 0 bridgehead atoms. The Bertz CT molecular complexity index is 796. The van der Waals surface area contributed by atoms with Crippen molar-refractivity contribution < 1.29 is 4.79 Å². The van der Waals surface area contributed by atoms with Crippen molar-refractivity contribution in [2.45, 2.75) is 13.5 Å². The zero-order chi connectivity index (χ0) is 16.1. The predicted molar refractivity (Wildman–Crippen MR) is 89.0 cm³/mol. The molecule has 0 radical (unpaired) electrons. The molecular weight excluding hydrogens is 288 g/mol. The highest BCUT2D eigenvalue weighted by molar-refractivity contribution is 5.95. The highest BCUT2D eigenvalue weighted by atomic mass is 16.1. The molecule has 5 heteroatoms. The summed E-state index contributed by atoms with van der Waals surface area (Å²) < 4.78 is 1.99. The number of aryl methyl sites for hydroxylation is 1. The maximum absolute atomic E-state index is 12.2. The zero-order valence-corrected chi connectivity index (χ0v) is 12.9. The van der Waals surface area contributed by atoms with Crippen molar-refractivity contribution in [3.63, 3.8) is 0 Å². The average molecular weight is 306 g/mol. The minimum absolute atomic E-state index is 0.0531. The fourth-order valence-electron chi connectivity index (χ4n) is 2.43. The van der Waals surface area contributed by atoms with Crippen molar-refractivity contribution in [3.8, 4) is 11.5 Å². The number of hydrogen-bond acceptors (Lipinski definition) is 3. The molecule has 116 valence electrons. The molecule has 0 unspecified atom stereocenters. The second-order valence-corrected chi connectivity index (χ2v) is 5.23. The number of amides is 1. The first-order valence-electron chi connectivity index (χ1n) is 7.52. The fraction of sp³-hybridized carbons (Fsp3) is 0.167. The van der Waals surface area contributed by atoms with Crippen LogP contribution >= 0.6 is 0 Å². The Kier molecular flexibility index (Phi) is 4.47. The molecule has 0 aliphatic carbocycles. The van der Waals surface area contributed by atoms with Crippen LogP contribution in [0.15, 0.2) is 61.1 Å². The maximum atomic E-state index is 12.2. The zero-order valence-electron chi connectivity index (χ0n) is 12.9. The topological polar surface area (TPSA) is 59.8 Å². The molecular formula is C18H18N4O. The number of nitrogens with one attached hydrogen (secondary N) is 1. The van der Waals surface area contributed by atoms with E-state index in [9.17, 15) is 4.79 Å². The van der Waals surface area contributed by atoms with Crippen LogP contribution in [0, 0.1) is 6.92 Å². The molecule has 0 aliphatic heterocycles. The first-order chi connectivity index (χ1) is 11.3. The molecule has 0 spiro atoms. The van der Waals surface area contributed by atoms with Crippen LogP contribution in [0.1, 0.15) is 15.9 Å². The molecule has 0 atom stereocenters. The van der Waals surface area contributed by atoms with Crippen molar-refractivity contribution in [1.29, 1.82) is 0 Å². The van der Waals surface area contributed by atoms with Gasteiger partial charge in [-0.05, 0) is 30.7 Å². The Morgan fingerprint density at radius 3 is 2.70 bits per heavy atom. The summed E-state index contributed by atoms with van der Waals surface area (Å²) in [6.45, 7) is 3.11. The lowest BCUT2D eigenvalue weighted by atomic mass is 10.1. The highest BCUT2D eigenvalue weighted by Crippen LogP contribution is 2.13. The molecule has 0 fully saturated rings. The molecule has 3 aromatic rings. The third-order valence-corrected chi connectivity index (χ3v) is 3.64. The van der Waals surface area contributed by atoms with E-state index in [0.29, 0.717) is 18.7 Å². The summed E-state index contributed by atoms with van der Waals surface area (Å²) in [4.78, 5) is 20.9. The summed E-state index contributed by atoms with van der Waals surface area (Å²) in [7, 11) is 0. The summed E-state index contributed by atoms with van der Waals surface area (Å²) in [5, 5.41) is 2.95. The van der Waals surface area contributed by atoms with Gasteiger partial charge >= 0.3 is 0 Å². The fourth-order valence-corrected chi connectivity index (χ4v) is 2.43. The van der Waals surface area contributed by atoms with E-state index in [1.165, 1.54) is 0 Å². The molecule has 23 heavy (non-hydrogen) atoms. The van der Waals surface area contributed by atoms with Crippen LogP contribution in [0.5, 0.6) is 0 Å². The van der Waals surface area contributed by atoms with Crippen LogP contribution in [0.25, 0.3) is 11.5 Å². The van der Waals surface area contributed by atoms with Crippen LogP contribution in [0.3, 0.4) is 0 Å². The lowest BCUT2D eigenvalue weighted by Crippen LogP contribution is -2.27. The quantitative estimate of drug-likeness (QED) is 0.788. The molecule has 1 N–H and O–H groups in total. The second kappa shape index (κ2) is 6.87. The summed E-state index contributed by atoms with van der Waals surface area (Å²) >= 11 is 0. The Morgan fingerprint density at radius 1 is 1.09 bits per heavy atom. The Hall–Kier alpha value is -2.95. The van der Waals surface area contributed by atoms with Crippen molar-refractivity contribution in [3.05, 3.63) is 72.2 Å². The maximum Gasteiger partial charge on any atom is 0.251 e. The van der Waals surface area contributed by atoms with E-state index < -0.39 is 0 Å². The van der Waals surface area contributed by atoms with E-state index in [4.69, 9.17) is 0 Å². The Labute approximate surface area is 135 Å². The van der Waals surface area contributed by atoms with Gasteiger partial charge in [-0.3, -0.25) is 9.78 Å². The highest BCUT2D eigenvalue weighted by Gasteiger charge is 2.09. The van der Waals surface area contributed by atoms with Gasteiger partial charge < -0.3 is 9.88 Å². The van der Waals surface area contributed by atoms with Gasteiger partial charge in [0.2, 0.25) is 0 Å². The summed E-state index contributed by atoms with van der Waals surface area (Å²) in [6.07, 6.45) is 5.38. The second-order valence-electron chi connectivity index (χ2n) is 5.23. The van der Waals surface area contributed by atoms with Crippen LogP contribution in [0.4, 0.5) is 0 Å². The van der Waals surface area contributed by atoms with Gasteiger partial charge in [0.25, 0.3) is 5.91 Å². The number of rotatable bonds is 5. The van der Waals surface area contributed by atoms with Gasteiger partial charge in [0.1, 0.15) is 5.69 Å². The number of carbonyl (C=O) groups is 1. The third kappa shape index (κ3) is 3.45. The molecule has 2 aromatic heterocycles. The first-order valence-corrected chi connectivity index (χ1v) is 7.52. The molecule has 2 heterocycles. The van der Waals surface area contributed by atoms with Crippen LogP contribution in [-0.4, -0.2) is 27.0 Å². The molecule has 0 aliphatic rings. The van der Waals surface area contributed by atoms with E-state index in [-0.39, 0.29) is 5.91 Å². The number of carbonyl (C=O) groups excluding carboxylic acids is 1. The number of benzene rings is 1. The normalized spacial score (nSPS) is 10.5. The lowest BCUT2D eigenvalue weighted by Gasteiger charge is -2.10. The van der Waals surface area contributed by atoms with Gasteiger partial charge in [-0.2, -0.15) is 0 Å². The molecule has 5 nitrogen and oxygen atoms in total. The van der Waals surface area contributed by atoms with Crippen molar-refractivity contribution >= 4 is 5.91 Å². The van der Waals surface area contributed by atoms with Crippen LogP contribution in [-0.2, 0) is 6.54 Å². The largest absolute Gasteiger partial charge is 0.350 e. The van der Waals surface area contributed by atoms with Gasteiger partial charge in [0.05, 0.1) is 0 Å². The van der Waals surface area contributed by atoms with Gasteiger partial charge in [0.15, 0.2) is 5.82 Å². The van der Waals surface area contributed by atoms with E-state index in [1.807, 2.05) is 60.2 Å². The smallest absolute Gasteiger partial charge is 0.251 e. The minimum atomic E-state index is -0.0531. The van der Waals surface area contributed by atoms with E-state index >= 15 is 0 Å². The van der Waals surface area contributed by atoms with E-state index in [1.54, 1.807) is 12.4 Å². The molecule has 1 aromatic carbocycles. The number of nitrogens with zero attached hydrogens (tertiary/aromatic N) is 3. The molecule has 0 saturated heterocycles. The van der Waals surface area contributed by atoms with Crippen molar-refractivity contribution in [1.82, 2.24) is 19.9 Å². The van der Waals surface area contributed by atoms with Crippen molar-refractivity contribution in [2.24, 2.45) is 0 Å². The Balaban J connectivity index is 1.63. The van der Waals surface area contributed by atoms with Crippen molar-refractivity contribution in [2.75, 3.05) is 6.54 Å². The summed E-state index contributed by atoms with van der Waals surface area (Å²) in [5.74, 6) is 0.748. The summed E-state index contributed by atoms with van der Waals surface area (Å²) in [6, 6.07) is 13.3. The number of hydrogen-bond donors (Lipinski definition) is 1. The summed E-state index contributed by atoms with van der Waals surface area (Å²) in [5.41, 5.74) is 2.51. The van der Waals surface area contributed by atoms with E-state index in [0.717, 1.165) is 17.1 Å². The Morgan fingerprint density at radius 2 is 1.91 bits per heavy atom. The molecule has 1 amide bonds. The van der Waals surface area contributed by atoms with E-state index in [2.05, 4.69) is 15.3 Å². The number of imidazole rings is 1. The minimum Gasteiger partial charge on any atom is -0.350 e. The third-order valence-electron chi connectivity index (χ3n) is 3.64. The van der Waals surface area contributed by atoms with Gasteiger partial charge in [0, 0.05) is 37.2 Å². The van der Waals surface area contributed by atoms with Crippen LogP contribution < -0.4 is 5.32 Å². The number of aromatic nitrogens is 3. The predicted octanol–water partition coefficient (Wildman–Crippen LogP) is 2.68. The number of pyridine rings is 1. The van der Waals surface area contributed by atoms with Gasteiger partial charge in [-0.25, -0.2) is 4.98 Å². The SMILES string of the molecule is Cc1ccccc1C(=O)NCCn1ccnc1-c1ccccn1. The monoisotopic (exact) mass is 306 g/mol. The van der Waals surface area contributed by atoms with Crippen LogP contribution in [0.2, 0.25) is 0 Å². The van der Waals surface area contributed by atoms with Gasteiger partial charge in [-0.1, -0.05) is 24.3 Å². The average Bonchev–Trinajstić information content (AvgIpc) is 3.04. The first kappa shape index (κ1) is 15.0. The standard InChI is InChI=1S/C18H18N4O/c1-14-6-2-3-7-15(14)18(23)21-11-13-22-12-10-20-17(22)16-8-4-5-9-19-16/h2-10,12H,11,13H2,1H3,(H,21,23).